The Labute approximate surface area is 160 Å². The minimum Gasteiger partial charge on any atom is -0.480 e. The van der Waals surface area contributed by atoms with Gasteiger partial charge in [-0.2, -0.15) is 9.61 Å². The summed E-state index contributed by atoms with van der Waals surface area (Å²) in [6.07, 6.45) is 1.60. The van der Waals surface area contributed by atoms with E-state index in [-0.39, 0.29) is 11.8 Å². The molecule has 3 aromatic heterocycles. The van der Waals surface area contributed by atoms with Gasteiger partial charge in [-0.05, 0) is 25.0 Å². The van der Waals surface area contributed by atoms with Gasteiger partial charge in [0.2, 0.25) is 5.88 Å². The molecule has 1 aromatic carbocycles. The molecule has 0 saturated carbocycles. The Kier molecular flexibility index (Phi) is 3.92. The lowest BCUT2D eigenvalue weighted by molar-refractivity contribution is 0.0706. The number of para-hydroxylation sites is 1. The minimum absolute atomic E-state index is 0.0400. The molecule has 1 N–H and O–H groups in total. The van der Waals surface area contributed by atoms with Crippen LogP contribution in [0.4, 0.5) is 0 Å². The third-order valence-electron chi connectivity index (χ3n) is 5.29. The lowest BCUT2D eigenvalue weighted by atomic mass is 9.96. The molecule has 9 heteroatoms. The van der Waals surface area contributed by atoms with Crippen LogP contribution in [0, 0.1) is 0 Å². The molecule has 0 unspecified atom stereocenters. The first-order chi connectivity index (χ1) is 13.7. The molecule has 1 aliphatic heterocycles. The van der Waals surface area contributed by atoms with Crippen molar-refractivity contribution < 1.29 is 9.53 Å². The van der Waals surface area contributed by atoms with E-state index in [0.29, 0.717) is 30.3 Å². The smallest absolute Gasteiger partial charge is 0.274 e. The van der Waals surface area contributed by atoms with Gasteiger partial charge in [0.25, 0.3) is 5.91 Å². The molecule has 0 atom stereocenters. The van der Waals surface area contributed by atoms with Crippen LogP contribution >= 0.6 is 0 Å². The van der Waals surface area contributed by atoms with Crippen LogP contribution in [0.1, 0.15) is 35.1 Å². The van der Waals surface area contributed by atoms with Crippen molar-refractivity contribution >= 4 is 22.5 Å². The van der Waals surface area contributed by atoms with Crippen LogP contribution in [-0.2, 0) is 0 Å². The summed E-state index contributed by atoms with van der Waals surface area (Å²) < 4.78 is 6.95. The highest BCUT2D eigenvalue weighted by Gasteiger charge is 2.29. The number of aromatic amines is 1. The van der Waals surface area contributed by atoms with Crippen molar-refractivity contribution in [3.63, 3.8) is 0 Å². The Morgan fingerprint density at radius 2 is 1.96 bits per heavy atom. The highest BCUT2D eigenvalue weighted by Crippen LogP contribution is 2.28. The zero-order valence-electron chi connectivity index (χ0n) is 15.4. The third kappa shape index (κ3) is 2.67. The number of nitrogens with one attached hydrogen (secondary N) is 1. The lowest BCUT2D eigenvalue weighted by Crippen LogP contribution is -2.38. The van der Waals surface area contributed by atoms with Crippen LogP contribution in [-0.4, -0.2) is 61.0 Å². The van der Waals surface area contributed by atoms with E-state index in [1.165, 1.54) is 0 Å². The van der Waals surface area contributed by atoms with E-state index in [0.717, 1.165) is 29.6 Å². The van der Waals surface area contributed by atoms with Crippen LogP contribution in [0.25, 0.3) is 16.6 Å². The van der Waals surface area contributed by atoms with E-state index in [2.05, 4.69) is 25.5 Å². The molecule has 1 aliphatic rings. The molecule has 1 fully saturated rings. The third-order valence-corrected chi connectivity index (χ3v) is 5.29. The Morgan fingerprint density at radius 3 is 2.79 bits per heavy atom. The molecular formula is C19H19N7O2. The molecule has 0 aliphatic carbocycles. The van der Waals surface area contributed by atoms with E-state index in [1.54, 1.807) is 17.7 Å². The number of methoxy groups -OCH3 is 1. The maximum atomic E-state index is 12.9. The van der Waals surface area contributed by atoms with E-state index < -0.39 is 0 Å². The Hall–Kier alpha value is -3.49. The largest absolute Gasteiger partial charge is 0.480 e. The lowest BCUT2D eigenvalue weighted by Gasteiger charge is -2.30. The van der Waals surface area contributed by atoms with Crippen LogP contribution in [0.15, 0.2) is 36.4 Å². The van der Waals surface area contributed by atoms with Gasteiger partial charge in [-0.3, -0.25) is 9.89 Å². The number of rotatable bonds is 3. The molecule has 4 aromatic rings. The number of ether oxygens (including phenoxy) is 1. The van der Waals surface area contributed by atoms with Gasteiger partial charge in [0.1, 0.15) is 0 Å². The van der Waals surface area contributed by atoms with Crippen molar-refractivity contribution in [2.75, 3.05) is 20.2 Å². The number of hydrogen-bond acceptors (Lipinski definition) is 6. The fraction of sp³-hybridized carbons (Fsp3) is 0.316. The molecule has 142 valence electrons. The van der Waals surface area contributed by atoms with Gasteiger partial charge in [-0.1, -0.05) is 18.2 Å². The second-order valence-electron chi connectivity index (χ2n) is 6.89. The SMILES string of the molecule is COc1ccc2nnc(C3CCN(C(=O)c4n[nH]c5ccccc45)CC3)n2n1. The Bertz CT molecular complexity index is 1160. The second kappa shape index (κ2) is 6.59. The number of likely N-dealkylation sites (tertiary alicyclic amines) is 1. The average molecular weight is 377 g/mol. The van der Waals surface area contributed by atoms with E-state index in [4.69, 9.17) is 4.74 Å². The topological polar surface area (TPSA) is 101 Å². The molecular weight excluding hydrogens is 358 g/mol. The second-order valence-corrected chi connectivity index (χ2v) is 6.89. The molecule has 28 heavy (non-hydrogen) atoms. The summed E-state index contributed by atoms with van der Waals surface area (Å²) >= 11 is 0. The van der Waals surface area contributed by atoms with Crippen molar-refractivity contribution in [1.29, 1.82) is 0 Å². The zero-order valence-corrected chi connectivity index (χ0v) is 15.4. The number of H-pyrrole nitrogens is 1. The van der Waals surface area contributed by atoms with Crippen molar-refractivity contribution in [2.45, 2.75) is 18.8 Å². The van der Waals surface area contributed by atoms with Gasteiger partial charge in [-0.25, -0.2) is 0 Å². The summed E-state index contributed by atoms with van der Waals surface area (Å²) in [6, 6.07) is 11.3. The fourth-order valence-corrected chi connectivity index (χ4v) is 3.77. The van der Waals surface area contributed by atoms with Gasteiger partial charge in [0.15, 0.2) is 17.2 Å². The highest BCUT2D eigenvalue weighted by molar-refractivity contribution is 6.04. The molecule has 0 bridgehead atoms. The summed E-state index contributed by atoms with van der Waals surface area (Å²) in [5.74, 6) is 1.48. The summed E-state index contributed by atoms with van der Waals surface area (Å²) in [5.41, 5.74) is 2.04. The number of benzene rings is 1. The number of nitrogens with zero attached hydrogens (tertiary/aromatic N) is 6. The first-order valence-electron chi connectivity index (χ1n) is 9.23. The van der Waals surface area contributed by atoms with Gasteiger partial charge in [-0.15, -0.1) is 15.3 Å². The summed E-state index contributed by atoms with van der Waals surface area (Å²) in [7, 11) is 1.58. The fourth-order valence-electron chi connectivity index (χ4n) is 3.77. The molecule has 0 radical (unpaired) electrons. The van der Waals surface area contributed by atoms with Crippen LogP contribution in [0.5, 0.6) is 5.88 Å². The Morgan fingerprint density at radius 1 is 1.14 bits per heavy atom. The monoisotopic (exact) mass is 377 g/mol. The van der Waals surface area contributed by atoms with Crippen molar-refractivity contribution in [3.8, 4) is 5.88 Å². The van der Waals surface area contributed by atoms with Gasteiger partial charge >= 0.3 is 0 Å². The summed E-state index contributed by atoms with van der Waals surface area (Å²) in [6.45, 7) is 1.28. The minimum atomic E-state index is -0.0400. The maximum absolute atomic E-state index is 12.9. The van der Waals surface area contributed by atoms with Crippen LogP contribution in [0.2, 0.25) is 0 Å². The standard InChI is InChI=1S/C19H19N7O2/c1-28-16-7-6-15-21-23-18(26(15)24-16)12-8-10-25(11-9-12)19(27)17-13-4-2-3-5-14(13)20-22-17/h2-7,12H,8-11H2,1H3,(H,20,22). The molecule has 0 spiro atoms. The molecule has 5 rings (SSSR count). The van der Waals surface area contributed by atoms with E-state index in [1.807, 2.05) is 35.2 Å². The van der Waals surface area contributed by atoms with E-state index in [9.17, 15) is 4.79 Å². The van der Waals surface area contributed by atoms with E-state index >= 15 is 0 Å². The number of hydrogen-bond donors (Lipinski definition) is 1. The number of carbonyl (C=O) groups is 1. The van der Waals surface area contributed by atoms with Gasteiger partial charge in [0.05, 0.1) is 12.6 Å². The number of piperidine rings is 1. The van der Waals surface area contributed by atoms with Crippen LogP contribution < -0.4 is 4.74 Å². The molecule has 9 nitrogen and oxygen atoms in total. The summed E-state index contributed by atoms with van der Waals surface area (Å²) in [5, 5.41) is 21.0. The van der Waals surface area contributed by atoms with Crippen molar-refractivity contribution in [1.82, 2.24) is 34.9 Å². The molecule has 1 amide bonds. The first kappa shape index (κ1) is 16.7. The predicted octanol–water partition coefficient (Wildman–Crippen LogP) is 2.03. The maximum Gasteiger partial charge on any atom is 0.274 e. The van der Waals surface area contributed by atoms with Crippen LogP contribution in [0.3, 0.4) is 0 Å². The quantitative estimate of drug-likeness (QED) is 0.586. The van der Waals surface area contributed by atoms with Crippen molar-refractivity contribution in [3.05, 3.63) is 47.9 Å². The molecule has 4 heterocycles. The number of amides is 1. The number of aromatic nitrogens is 6. The number of fused-ring (bicyclic) bond motifs is 2. The Balaban J connectivity index is 1.34. The number of carbonyl (C=O) groups excluding carboxylic acids is 1. The normalized spacial score (nSPS) is 15.4. The van der Waals surface area contributed by atoms with Crippen molar-refractivity contribution in [2.24, 2.45) is 0 Å². The first-order valence-corrected chi connectivity index (χ1v) is 9.23. The average Bonchev–Trinajstić information content (AvgIpc) is 3.37. The predicted molar refractivity (Wildman–Crippen MR) is 101 cm³/mol. The summed E-state index contributed by atoms with van der Waals surface area (Å²) in [4.78, 5) is 14.8. The zero-order chi connectivity index (χ0) is 19.1. The van der Waals surface area contributed by atoms with Gasteiger partial charge < -0.3 is 9.64 Å². The van der Waals surface area contributed by atoms with Gasteiger partial charge in [0, 0.05) is 30.5 Å². The highest BCUT2D eigenvalue weighted by atomic mass is 16.5. The molecule has 1 saturated heterocycles.